The zero-order valence-electron chi connectivity index (χ0n) is 5.36. The number of ether oxygens (including phenoxy) is 2. The first kappa shape index (κ1) is 9.29. The van der Waals surface area contributed by atoms with Crippen LogP contribution in [0.4, 0.5) is 13.2 Å². The van der Waals surface area contributed by atoms with Gasteiger partial charge in [-0.15, -0.1) is 0 Å². The first-order valence-electron chi connectivity index (χ1n) is 2.51. The number of methoxy groups -OCH3 is 1. The number of hydrogen-bond acceptors (Lipinski definition) is 2. The summed E-state index contributed by atoms with van der Waals surface area (Å²) in [6.07, 6.45) is -2.45. The van der Waals surface area contributed by atoms with Crippen LogP contribution in [0, 0.1) is 0 Å². The molecule has 0 amide bonds. The van der Waals surface area contributed by atoms with E-state index in [1.54, 1.807) is 0 Å². The smallest absolute Gasteiger partial charge is 0.342 e. The van der Waals surface area contributed by atoms with E-state index in [0.29, 0.717) is 0 Å². The van der Waals surface area contributed by atoms with Crippen LogP contribution in [0.5, 0.6) is 0 Å². The van der Waals surface area contributed by atoms with E-state index in [2.05, 4.69) is 9.47 Å². The van der Waals surface area contributed by atoms with E-state index < -0.39 is 12.1 Å². The first-order chi connectivity index (χ1) is 4.68. The summed E-state index contributed by atoms with van der Waals surface area (Å²) in [6, 6.07) is -1.84. The highest BCUT2D eigenvalue weighted by molar-refractivity contribution is 4.80. The van der Waals surface area contributed by atoms with Crippen molar-refractivity contribution in [1.82, 2.24) is 0 Å². The summed E-state index contributed by atoms with van der Waals surface area (Å²) < 4.78 is 42.4. The average Bonchev–Trinajstić information content (AvgIpc) is 1.88. The Morgan fingerprint density at radius 3 is 2.20 bits per heavy atom. The van der Waals surface area contributed by atoms with Gasteiger partial charge in [0.2, 0.25) is 0 Å². The second-order valence-electron chi connectivity index (χ2n) is 1.38. The summed E-state index contributed by atoms with van der Waals surface area (Å²) in [5.41, 5.74) is 0. The van der Waals surface area contributed by atoms with Crippen molar-refractivity contribution >= 4 is 0 Å². The molecule has 0 heterocycles. The fourth-order valence-corrected chi connectivity index (χ4v) is 0.269. The molecule has 5 heteroatoms. The molecule has 0 bridgehead atoms. The van der Waals surface area contributed by atoms with Gasteiger partial charge in [0.05, 0.1) is 6.61 Å². The maximum absolute atomic E-state index is 11.7. The molecule has 0 radical (unpaired) electrons. The molecule has 2 nitrogen and oxygen atoms in total. The van der Waals surface area contributed by atoms with Crippen LogP contribution in [0.25, 0.3) is 0 Å². The average molecular weight is 156 g/mol. The number of halogens is 3. The van der Waals surface area contributed by atoms with Crippen LogP contribution in [0.1, 0.15) is 0 Å². The monoisotopic (exact) mass is 156 g/mol. The Balaban J connectivity index is 3.40. The third-order valence-electron chi connectivity index (χ3n) is 0.665. The molecule has 0 fully saturated rings. The number of rotatable bonds is 4. The van der Waals surface area contributed by atoms with E-state index in [-0.39, 0.29) is 13.2 Å². The van der Waals surface area contributed by atoms with Crippen LogP contribution in [0.3, 0.4) is 0 Å². The van der Waals surface area contributed by atoms with Crippen molar-refractivity contribution in [3.8, 4) is 0 Å². The summed E-state index contributed by atoms with van der Waals surface area (Å²) >= 11 is 0. The predicted molar refractivity (Wildman–Crippen MR) is 28.2 cm³/mol. The van der Waals surface area contributed by atoms with Crippen LogP contribution >= 0.6 is 0 Å². The van der Waals surface area contributed by atoms with Gasteiger partial charge in [-0.2, -0.15) is 13.2 Å². The zero-order valence-corrected chi connectivity index (χ0v) is 5.36. The van der Waals surface area contributed by atoms with Crippen LogP contribution in [-0.2, 0) is 9.47 Å². The highest BCUT2D eigenvalue weighted by atomic mass is 19.3. The molecule has 0 aliphatic carbocycles. The van der Waals surface area contributed by atoms with Crippen molar-refractivity contribution in [2.24, 2.45) is 0 Å². The molecule has 0 rings (SSSR count). The highest BCUT2D eigenvalue weighted by Gasteiger charge is 2.04. The van der Waals surface area contributed by atoms with Crippen LogP contribution in [0.2, 0.25) is 0 Å². The van der Waals surface area contributed by atoms with E-state index in [1.807, 2.05) is 0 Å². The number of hydrogen-bond donors (Lipinski definition) is 0. The molecule has 60 valence electrons. The maximum Gasteiger partial charge on any atom is 0.342 e. The lowest BCUT2D eigenvalue weighted by Crippen LogP contribution is -1.99. The van der Waals surface area contributed by atoms with Gasteiger partial charge in [-0.1, -0.05) is 0 Å². The van der Waals surface area contributed by atoms with Gasteiger partial charge >= 0.3 is 12.1 Å². The SMILES string of the molecule is COCCOC(F)=C(F)F. The third kappa shape index (κ3) is 4.20. The standard InChI is InChI=1S/C5H7F3O2/c1-9-2-3-10-5(8)4(6)7/h2-3H2,1H3. The molecular formula is C5H7F3O2. The molecule has 0 saturated carbocycles. The minimum absolute atomic E-state index is 0.0840. The minimum Gasteiger partial charge on any atom is -0.465 e. The zero-order chi connectivity index (χ0) is 7.98. The molecule has 0 aromatic rings. The van der Waals surface area contributed by atoms with Crippen molar-refractivity contribution in [3.63, 3.8) is 0 Å². The summed E-state index contributed by atoms with van der Waals surface area (Å²) in [7, 11) is 1.36. The van der Waals surface area contributed by atoms with Gasteiger partial charge in [0.1, 0.15) is 6.61 Å². The lowest BCUT2D eigenvalue weighted by Gasteiger charge is -1.99. The van der Waals surface area contributed by atoms with E-state index in [4.69, 9.17) is 0 Å². The van der Waals surface area contributed by atoms with Crippen molar-refractivity contribution in [2.45, 2.75) is 0 Å². The molecule has 0 unspecified atom stereocenters. The summed E-state index contributed by atoms with van der Waals surface area (Å²) in [5, 5.41) is 0. The van der Waals surface area contributed by atoms with Gasteiger partial charge in [0.25, 0.3) is 0 Å². The van der Waals surface area contributed by atoms with Crippen LogP contribution in [0.15, 0.2) is 12.1 Å². The summed E-state index contributed by atoms with van der Waals surface area (Å²) in [5.74, 6) is 0. The van der Waals surface area contributed by atoms with Gasteiger partial charge in [-0.25, -0.2) is 0 Å². The second kappa shape index (κ2) is 5.10. The fourth-order valence-electron chi connectivity index (χ4n) is 0.269. The van der Waals surface area contributed by atoms with Crippen molar-refractivity contribution in [1.29, 1.82) is 0 Å². The van der Waals surface area contributed by atoms with Crippen LogP contribution < -0.4 is 0 Å². The predicted octanol–water partition coefficient (Wildman–Crippen LogP) is 1.68. The quantitative estimate of drug-likeness (QED) is 0.455. The van der Waals surface area contributed by atoms with E-state index >= 15 is 0 Å². The lowest BCUT2D eigenvalue weighted by molar-refractivity contribution is 0.0680. The Morgan fingerprint density at radius 1 is 1.20 bits per heavy atom. The van der Waals surface area contributed by atoms with Crippen molar-refractivity contribution < 1.29 is 22.6 Å². The second-order valence-corrected chi connectivity index (χ2v) is 1.38. The highest BCUT2D eigenvalue weighted by Crippen LogP contribution is 2.09. The Labute approximate surface area is 56.2 Å². The third-order valence-corrected chi connectivity index (χ3v) is 0.665. The molecule has 0 spiro atoms. The molecule has 0 aliphatic heterocycles. The van der Waals surface area contributed by atoms with Crippen molar-refractivity contribution in [2.75, 3.05) is 20.3 Å². The molecule has 10 heavy (non-hydrogen) atoms. The van der Waals surface area contributed by atoms with Crippen LogP contribution in [-0.4, -0.2) is 20.3 Å². The summed E-state index contributed by atoms with van der Waals surface area (Å²) in [4.78, 5) is 0. The Kier molecular flexibility index (Phi) is 4.74. The molecule has 0 aromatic carbocycles. The molecular weight excluding hydrogens is 149 g/mol. The molecule has 0 N–H and O–H groups in total. The van der Waals surface area contributed by atoms with E-state index in [0.717, 1.165) is 0 Å². The molecule has 0 aromatic heterocycles. The topological polar surface area (TPSA) is 18.5 Å². The Morgan fingerprint density at radius 2 is 1.80 bits per heavy atom. The Bertz CT molecular complexity index is 120. The molecule has 0 aliphatic rings. The summed E-state index contributed by atoms with van der Waals surface area (Å²) in [6.45, 7) is -0.125. The maximum atomic E-state index is 11.7. The van der Waals surface area contributed by atoms with Gasteiger partial charge in [0, 0.05) is 7.11 Å². The lowest BCUT2D eigenvalue weighted by atomic mass is 10.8. The van der Waals surface area contributed by atoms with Gasteiger partial charge in [0.15, 0.2) is 0 Å². The molecule has 0 atom stereocenters. The minimum atomic E-state index is -2.45. The largest absolute Gasteiger partial charge is 0.465 e. The van der Waals surface area contributed by atoms with Crippen molar-refractivity contribution in [3.05, 3.63) is 12.1 Å². The molecule has 0 saturated heterocycles. The fraction of sp³-hybridized carbons (Fsp3) is 0.600. The van der Waals surface area contributed by atoms with Gasteiger partial charge in [-0.3, -0.25) is 0 Å². The first-order valence-corrected chi connectivity index (χ1v) is 2.51. The van der Waals surface area contributed by atoms with E-state index in [9.17, 15) is 13.2 Å². The normalized spacial score (nSPS) is 9.20. The van der Waals surface area contributed by atoms with Gasteiger partial charge in [-0.05, 0) is 0 Å². The van der Waals surface area contributed by atoms with E-state index in [1.165, 1.54) is 7.11 Å². The van der Waals surface area contributed by atoms with Gasteiger partial charge < -0.3 is 9.47 Å². The Hall–Kier alpha value is -0.710.